The lowest BCUT2D eigenvalue weighted by molar-refractivity contribution is 0.589. The molecule has 0 bridgehead atoms. The van der Waals surface area contributed by atoms with E-state index >= 15 is 0 Å². The first-order valence-electron chi connectivity index (χ1n) is 7.93. The van der Waals surface area contributed by atoms with Crippen molar-refractivity contribution in [1.82, 2.24) is 4.98 Å². The van der Waals surface area contributed by atoms with E-state index in [2.05, 4.69) is 16.9 Å². The second kappa shape index (κ2) is 8.04. The van der Waals surface area contributed by atoms with Gasteiger partial charge in [-0.2, -0.15) is 0 Å². The molecule has 3 aromatic rings. The molecule has 0 spiro atoms. The normalized spacial score (nSPS) is 11.9. The van der Waals surface area contributed by atoms with Gasteiger partial charge in [-0.1, -0.05) is 47.2 Å². The number of anilines is 1. The number of hydrogen-bond donors (Lipinski definition) is 1. The van der Waals surface area contributed by atoms with Gasteiger partial charge in [-0.15, -0.1) is 6.58 Å². The van der Waals surface area contributed by atoms with Gasteiger partial charge >= 0.3 is 0 Å². The third-order valence-corrected chi connectivity index (χ3v) is 8.88. The Morgan fingerprint density at radius 2 is 1.57 bits per heavy atom. The molecule has 1 heterocycles. The molecule has 0 saturated heterocycles. The summed E-state index contributed by atoms with van der Waals surface area (Å²) in [7, 11) is -8.02. The molecule has 0 aliphatic heterocycles. The summed E-state index contributed by atoms with van der Waals surface area (Å²) in [6.45, 7) is 3.82. The highest BCUT2D eigenvalue weighted by Gasteiger charge is 2.31. The first-order chi connectivity index (χ1) is 13.3. The number of thiazole rings is 1. The minimum Gasteiger partial charge on any atom is -0.371 e. The quantitative estimate of drug-likeness (QED) is 0.541. The number of nitrogens with zero attached hydrogens (tertiary/aromatic N) is 1. The molecule has 146 valence electrons. The van der Waals surface area contributed by atoms with Crippen molar-refractivity contribution in [3.63, 3.8) is 0 Å². The van der Waals surface area contributed by atoms with E-state index < -0.39 is 19.7 Å². The summed E-state index contributed by atoms with van der Waals surface area (Å²) in [4.78, 5) is 4.00. The van der Waals surface area contributed by atoms with E-state index in [1.807, 2.05) is 0 Å². The van der Waals surface area contributed by atoms with Crippen LogP contribution in [0, 0.1) is 0 Å². The number of halogens is 1. The van der Waals surface area contributed by atoms with Crippen molar-refractivity contribution in [2.75, 3.05) is 11.9 Å². The Labute approximate surface area is 172 Å². The smallest absolute Gasteiger partial charge is 0.233 e. The molecule has 3 rings (SSSR count). The van der Waals surface area contributed by atoms with Crippen LogP contribution in [0.3, 0.4) is 0 Å². The van der Waals surface area contributed by atoms with Crippen LogP contribution in [0.2, 0.25) is 5.02 Å². The van der Waals surface area contributed by atoms with Gasteiger partial charge in [0.2, 0.25) is 24.0 Å². The van der Waals surface area contributed by atoms with Crippen molar-refractivity contribution >= 4 is 47.6 Å². The molecule has 0 fully saturated rings. The highest BCUT2D eigenvalue weighted by atomic mass is 35.5. The van der Waals surface area contributed by atoms with Crippen LogP contribution in [-0.2, 0) is 19.7 Å². The van der Waals surface area contributed by atoms with Crippen molar-refractivity contribution in [1.29, 1.82) is 0 Å². The molecule has 0 amide bonds. The summed E-state index contributed by atoms with van der Waals surface area (Å²) in [5.41, 5.74) is 0. The minimum absolute atomic E-state index is 0.0347. The number of hydrogen-bond acceptors (Lipinski definition) is 7. The van der Waals surface area contributed by atoms with E-state index in [0.29, 0.717) is 5.02 Å². The van der Waals surface area contributed by atoms with E-state index in [-0.39, 0.29) is 30.7 Å². The zero-order valence-corrected chi connectivity index (χ0v) is 17.6. The highest BCUT2D eigenvalue weighted by molar-refractivity contribution is 7.94. The Kier molecular flexibility index (Phi) is 5.90. The van der Waals surface area contributed by atoms with Crippen molar-refractivity contribution in [3.05, 3.63) is 72.3 Å². The molecule has 0 radical (unpaired) electrons. The van der Waals surface area contributed by atoms with E-state index in [9.17, 15) is 16.8 Å². The van der Waals surface area contributed by atoms with Gasteiger partial charge in [-0.05, 0) is 36.4 Å². The van der Waals surface area contributed by atoms with Crippen LogP contribution in [0.4, 0.5) is 5.00 Å². The van der Waals surface area contributed by atoms with Crippen molar-refractivity contribution in [2.45, 2.75) is 19.2 Å². The predicted molar refractivity (Wildman–Crippen MR) is 110 cm³/mol. The molecular weight excluding hydrogens is 440 g/mol. The fraction of sp³-hybridized carbons (Fsp3) is 0.0556. The third kappa shape index (κ3) is 3.97. The fourth-order valence-electron chi connectivity index (χ4n) is 2.29. The monoisotopic (exact) mass is 454 g/mol. The molecule has 6 nitrogen and oxygen atoms in total. The summed E-state index contributed by atoms with van der Waals surface area (Å²) in [6.07, 6.45) is 1.53. The molecular formula is C18H15ClN2O4S3. The molecule has 10 heteroatoms. The standard InChI is InChI=1S/C18H15ClN2O4S3/c1-2-12-20-16-17(27(22,23)15-10-8-13(19)9-11-15)21-18(26-16)28(24,25)14-6-4-3-5-7-14/h2-11,20H,1,12H2. The van der Waals surface area contributed by atoms with Crippen LogP contribution >= 0.6 is 22.9 Å². The zero-order chi connectivity index (χ0) is 20.4. The maximum atomic E-state index is 13.0. The first-order valence-corrected chi connectivity index (χ1v) is 12.1. The molecule has 1 N–H and O–H groups in total. The van der Waals surface area contributed by atoms with Crippen LogP contribution in [0.5, 0.6) is 0 Å². The first kappa shape index (κ1) is 20.5. The molecule has 0 unspecified atom stereocenters. The summed E-state index contributed by atoms with van der Waals surface area (Å²) < 4.78 is 51.5. The topological polar surface area (TPSA) is 93.2 Å². The summed E-state index contributed by atoms with van der Waals surface area (Å²) in [5, 5.41) is 3.02. The number of nitrogens with one attached hydrogen (secondary N) is 1. The number of rotatable bonds is 7. The highest BCUT2D eigenvalue weighted by Crippen LogP contribution is 2.36. The van der Waals surface area contributed by atoms with Gasteiger partial charge in [-0.25, -0.2) is 21.8 Å². The van der Waals surface area contributed by atoms with Crippen LogP contribution in [0.1, 0.15) is 0 Å². The lowest BCUT2D eigenvalue weighted by Crippen LogP contribution is -2.08. The predicted octanol–water partition coefficient (Wildman–Crippen LogP) is 4.06. The summed E-state index contributed by atoms with van der Waals surface area (Å²) >= 11 is 6.59. The van der Waals surface area contributed by atoms with Crippen LogP contribution < -0.4 is 5.32 Å². The van der Waals surface area contributed by atoms with Crippen LogP contribution in [0.25, 0.3) is 0 Å². The average Bonchev–Trinajstić information content (AvgIpc) is 3.13. The Bertz CT molecular complexity index is 1200. The molecule has 0 aliphatic rings. The van der Waals surface area contributed by atoms with Gasteiger partial charge in [0.25, 0.3) is 0 Å². The summed E-state index contributed by atoms with van der Waals surface area (Å²) in [6, 6.07) is 13.3. The van der Waals surface area contributed by atoms with E-state index in [4.69, 9.17) is 11.6 Å². The maximum absolute atomic E-state index is 13.0. The van der Waals surface area contributed by atoms with Gasteiger partial charge in [0.1, 0.15) is 5.00 Å². The van der Waals surface area contributed by atoms with Crippen LogP contribution in [-0.4, -0.2) is 28.4 Å². The van der Waals surface area contributed by atoms with E-state index in [0.717, 1.165) is 11.3 Å². The van der Waals surface area contributed by atoms with Gasteiger partial charge < -0.3 is 5.32 Å². The SMILES string of the molecule is C=CCNc1sc(S(=O)(=O)c2ccccc2)nc1S(=O)(=O)c1ccc(Cl)cc1. The third-order valence-electron chi connectivity index (χ3n) is 3.65. The minimum atomic E-state index is -4.06. The lowest BCUT2D eigenvalue weighted by atomic mass is 10.4. The Morgan fingerprint density at radius 3 is 2.18 bits per heavy atom. The average molecular weight is 455 g/mol. The molecule has 28 heavy (non-hydrogen) atoms. The van der Waals surface area contributed by atoms with Crippen molar-refractivity contribution in [2.24, 2.45) is 0 Å². The molecule has 0 saturated carbocycles. The van der Waals surface area contributed by atoms with E-state index in [1.54, 1.807) is 18.2 Å². The van der Waals surface area contributed by atoms with Gasteiger partial charge in [-0.3, -0.25) is 0 Å². The lowest BCUT2D eigenvalue weighted by Gasteiger charge is -2.05. The second-order valence-electron chi connectivity index (χ2n) is 5.56. The second-order valence-corrected chi connectivity index (χ2v) is 11.0. The van der Waals surface area contributed by atoms with Crippen molar-refractivity contribution in [3.8, 4) is 0 Å². The van der Waals surface area contributed by atoms with Gasteiger partial charge in [0, 0.05) is 11.6 Å². The number of aromatic nitrogens is 1. The van der Waals surface area contributed by atoms with Crippen LogP contribution in [0.15, 0.2) is 86.4 Å². The molecule has 0 aliphatic carbocycles. The van der Waals surface area contributed by atoms with E-state index in [1.165, 1.54) is 42.5 Å². The zero-order valence-electron chi connectivity index (χ0n) is 14.4. The fourth-order valence-corrected chi connectivity index (χ4v) is 6.73. The molecule has 1 aromatic heterocycles. The van der Waals surface area contributed by atoms with Gasteiger partial charge in [0.15, 0.2) is 5.03 Å². The van der Waals surface area contributed by atoms with Gasteiger partial charge in [0.05, 0.1) is 9.79 Å². The molecule has 2 aromatic carbocycles. The Hall–Kier alpha value is -2.20. The Morgan fingerprint density at radius 1 is 0.964 bits per heavy atom. The maximum Gasteiger partial charge on any atom is 0.233 e. The largest absolute Gasteiger partial charge is 0.371 e. The Balaban J connectivity index is 2.16. The van der Waals surface area contributed by atoms with Crippen molar-refractivity contribution < 1.29 is 16.8 Å². The summed E-state index contributed by atoms with van der Waals surface area (Å²) in [5.74, 6) is 0. The molecule has 0 atom stereocenters. The number of sulfone groups is 2. The number of benzene rings is 2.